The molecule has 1 fully saturated rings. The summed E-state index contributed by atoms with van der Waals surface area (Å²) in [5, 5.41) is 2.69. The van der Waals surface area contributed by atoms with Crippen LogP contribution in [0.5, 0.6) is 5.75 Å². The summed E-state index contributed by atoms with van der Waals surface area (Å²) in [6.45, 7) is 9.08. The number of nitrogens with zero attached hydrogens (tertiary/aromatic N) is 3. The highest BCUT2D eigenvalue weighted by Crippen LogP contribution is 2.40. The number of aromatic nitrogens is 3. The molecule has 3 N–H and O–H groups in total. The Morgan fingerprint density at radius 3 is 2.83 bits per heavy atom. The first-order valence-electron chi connectivity index (χ1n) is 11.8. The second-order valence-corrected chi connectivity index (χ2v) is 9.64. The minimum absolute atomic E-state index is 0. The van der Waals surface area contributed by atoms with Crippen molar-refractivity contribution in [3.8, 4) is 5.75 Å². The van der Waals surface area contributed by atoms with E-state index in [1.54, 1.807) is 12.4 Å². The van der Waals surface area contributed by atoms with Crippen molar-refractivity contribution in [2.75, 3.05) is 25.5 Å². The van der Waals surface area contributed by atoms with Crippen molar-refractivity contribution in [1.82, 2.24) is 19.7 Å². The number of hydrogen-bond acceptors (Lipinski definition) is 6. The van der Waals surface area contributed by atoms with E-state index in [9.17, 15) is 4.79 Å². The number of anilines is 1. The van der Waals surface area contributed by atoms with Crippen molar-refractivity contribution in [3.05, 3.63) is 51.9 Å². The van der Waals surface area contributed by atoms with Crippen LogP contribution in [0.4, 0.5) is 10.2 Å². The predicted molar refractivity (Wildman–Crippen MR) is 143 cm³/mol. The van der Waals surface area contributed by atoms with Gasteiger partial charge in [-0.15, -0.1) is 0 Å². The first-order chi connectivity index (χ1) is 16.7. The normalized spacial score (nSPS) is 16.6. The van der Waals surface area contributed by atoms with Gasteiger partial charge < -0.3 is 20.5 Å². The Morgan fingerprint density at radius 2 is 2.17 bits per heavy atom. The number of benzene rings is 1. The second kappa shape index (κ2) is 11.7. The fourth-order valence-corrected chi connectivity index (χ4v) is 4.73. The summed E-state index contributed by atoms with van der Waals surface area (Å²) in [4.78, 5) is 22.1. The van der Waals surface area contributed by atoms with E-state index in [1.807, 2.05) is 32.1 Å². The standard InChI is InChI=1S/C25H31ClFN5O3.H2S/c1-13(2)35-22-17(14(3)24-31-15(4)21-23(28)29-7-8-32(21)24)10-18(26)20(27)19(22)25(33)30-11-16-6-5-9-34-12-16;/h7-8,10,13-14,16H,5-6,9,11-12H2,1-4H3,(H2,28,29)(H,30,33);1H2/t14-,16?;/m0./s1. The summed E-state index contributed by atoms with van der Waals surface area (Å²) in [6.07, 6.45) is 4.94. The molecule has 1 aliphatic heterocycles. The van der Waals surface area contributed by atoms with Crippen LogP contribution >= 0.6 is 25.1 Å². The number of carbonyl (C=O) groups is 1. The topological polar surface area (TPSA) is 104 Å². The predicted octanol–water partition coefficient (Wildman–Crippen LogP) is 4.62. The third-order valence-corrected chi connectivity index (χ3v) is 6.50. The summed E-state index contributed by atoms with van der Waals surface area (Å²) in [5.74, 6) is -0.440. The highest BCUT2D eigenvalue weighted by atomic mass is 35.5. The fraction of sp³-hybridized carbons (Fsp3) is 0.480. The van der Waals surface area contributed by atoms with E-state index in [0.717, 1.165) is 19.4 Å². The van der Waals surface area contributed by atoms with E-state index in [0.29, 0.717) is 41.6 Å². The van der Waals surface area contributed by atoms with Crippen molar-refractivity contribution < 1.29 is 18.7 Å². The van der Waals surface area contributed by atoms with Crippen LogP contribution in [0.3, 0.4) is 0 Å². The zero-order valence-corrected chi connectivity index (χ0v) is 22.7. The summed E-state index contributed by atoms with van der Waals surface area (Å²) in [6, 6.07) is 1.51. The van der Waals surface area contributed by atoms with Gasteiger partial charge in [0.15, 0.2) is 5.82 Å². The first-order valence-corrected chi connectivity index (χ1v) is 12.2. The minimum atomic E-state index is -0.812. The van der Waals surface area contributed by atoms with Crippen LogP contribution in [0.25, 0.3) is 5.52 Å². The number of nitrogens with one attached hydrogen (secondary N) is 1. The lowest BCUT2D eigenvalue weighted by atomic mass is 9.95. The molecule has 0 bridgehead atoms. The van der Waals surface area contributed by atoms with Gasteiger partial charge in [-0.25, -0.2) is 14.4 Å². The van der Waals surface area contributed by atoms with Crippen LogP contribution < -0.4 is 15.8 Å². The molecule has 196 valence electrons. The number of carbonyl (C=O) groups excluding carboxylic acids is 1. The number of hydrogen-bond donors (Lipinski definition) is 2. The van der Waals surface area contributed by atoms with Gasteiger partial charge in [0.25, 0.3) is 5.91 Å². The van der Waals surface area contributed by atoms with Crippen molar-refractivity contribution in [3.63, 3.8) is 0 Å². The van der Waals surface area contributed by atoms with E-state index < -0.39 is 17.6 Å². The SMILES string of the molecule is Cc1nc([C@@H](C)c2cc(Cl)c(F)c(C(=O)NCC3CCCOC3)c2OC(C)C)n2ccnc(N)c12.S. The van der Waals surface area contributed by atoms with Gasteiger partial charge in [-0.3, -0.25) is 9.20 Å². The summed E-state index contributed by atoms with van der Waals surface area (Å²) >= 11 is 6.31. The Hall–Kier alpha value is -2.56. The molecule has 1 amide bonds. The molecular formula is C25H33ClFN5O3S. The van der Waals surface area contributed by atoms with Gasteiger partial charge in [0.05, 0.1) is 23.4 Å². The third-order valence-electron chi connectivity index (χ3n) is 6.23. The van der Waals surface area contributed by atoms with Crippen molar-refractivity contribution in [2.24, 2.45) is 5.92 Å². The molecule has 2 atom stereocenters. The quantitative estimate of drug-likeness (QED) is 0.456. The number of nitrogen functional groups attached to an aromatic ring is 1. The number of ether oxygens (including phenoxy) is 2. The lowest BCUT2D eigenvalue weighted by Crippen LogP contribution is -2.34. The molecule has 0 spiro atoms. The van der Waals surface area contributed by atoms with E-state index in [2.05, 4.69) is 10.3 Å². The molecule has 11 heteroatoms. The number of rotatable bonds is 7. The Labute approximate surface area is 222 Å². The molecule has 1 saturated heterocycles. The van der Waals surface area contributed by atoms with Crippen LogP contribution in [-0.4, -0.2) is 46.1 Å². The van der Waals surface area contributed by atoms with Gasteiger partial charge in [0, 0.05) is 37.0 Å². The number of amides is 1. The van der Waals surface area contributed by atoms with E-state index in [-0.39, 0.29) is 41.9 Å². The lowest BCUT2D eigenvalue weighted by Gasteiger charge is -2.24. The van der Waals surface area contributed by atoms with E-state index in [4.69, 9.17) is 31.8 Å². The van der Waals surface area contributed by atoms with Gasteiger partial charge in [-0.05, 0) is 45.6 Å². The lowest BCUT2D eigenvalue weighted by molar-refractivity contribution is 0.0535. The smallest absolute Gasteiger partial charge is 0.258 e. The summed E-state index contributed by atoms with van der Waals surface area (Å²) < 4.78 is 28.7. The average molecular weight is 538 g/mol. The highest BCUT2D eigenvalue weighted by molar-refractivity contribution is 7.59. The molecule has 3 aromatic rings. The Bertz CT molecular complexity index is 1250. The van der Waals surface area contributed by atoms with Gasteiger partial charge in [-0.2, -0.15) is 13.5 Å². The number of fused-ring (bicyclic) bond motifs is 1. The van der Waals surface area contributed by atoms with Crippen LogP contribution in [0, 0.1) is 18.7 Å². The number of imidazole rings is 1. The molecule has 2 aromatic heterocycles. The third kappa shape index (κ3) is 5.55. The minimum Gasteiger partial charge on any atom is -0.490 e. The molecule has 1 aromatic carbocycles. The molecule has 1 aliphatic rings. The van der Waals surface area contributed by atoms with Crippen LogP contribution in [0.15, 0.2) is 18.5 Å². The van der Waals surface area contributed by atoms with Gasteiger partial charge in [0.1, 0.15) is 28.5 Å². The van der Waals surface area contributed by atoms with Gasteiger partial charge >= 0.3 is 0 Å². The molecule has 0 radical (unpaired) electrons. The number of aryl methyl sites for hydroxylation is 1. The molecule has 8 nitrogen and oxygen atoms in total. The van der Waals surface area contributed by atoms with Crippen LogP contribution in [-0.2, 0) is 4.74 Å². The fourth-order valence-electron chi connectivity index (χ4n) is 4.52. The molecule has 4 rings (SSSR count). The maximum absolute atomic E-state index is 15.3. The summed E-state index contributed by atoms with van der Waals surface area (Å²) in [5.41, 5.74) is 7.84. The average Bonchev–Trinajstić information content (AvgIpc) is 3.17. The molecule has 1 unspecified atom stereocenters. The van der Waals surface area contributed by atoms with Crippen molar-refractivity contribution in [1.29, 1.82) is 0 Å². The van der Waals surface area contributed by atoms with Gasteiger partial charge in [0.2, 0.25) is 0 Å². The van der Waals surface area contributed by atoms with Crippen molar-refractivity contribution >= 4 is 42.3 Å². The number of halogens is 2. The maximum atomic E-state index is 15.3. The Balaban J connectivity index is 0.00000361. The molecule has 36 heavy (non-hydrogen) atoms. The van der Waals surface area contributed by atoms with Crippen LogP contribution in [0.2, 0.25) is 5.02 Å². The largest absolute Gasteiger partial charge is 0.490 e. The Kier molecular flexibility index (Phi) is 9.08. The maximum Gasteiger partial charge on any atom is 0.258 e. The summed E-state index contributed by atoms with van der Waals surface area (Å²) in [7, 11) is 0. The molecule has 3 heterocycles. The number of nitrogens with two attached hydrogens (primary N) is 1. The second-order valence-electron chi connectivity index (χ2n) is 9.23. The van der Waals surface area contributed by atoms with E-state index >= 15 is 4.39 Å². The van der Waals surface area contributed by atoms with Crippen LogP contribution in [0.1, 0.15) is 67.0 Å². The molecular weight excluding hydrogens is 505 g/mol. The highest BCUT2D eigenvalue weighted by Gasteiger charge is 2.30. The molecule has 0 saturated carbocycles. The Morgan fingerprint density at radius 1 is 1.42 bits per heavy atom. The van der Waals surface area contributed by atoms with E-state index in [1.165, 1.54) is 6.07 Å². The monoisotopic (exact) mass is 537 g/mol. The van der Waals surface area contributed by atoms with Gasteiger partial charge in [-0.1, -0.05) is 18.5 Å². The molecule has 0 aliphatic carbocycles. The zero-order chi connectivity index (χ0) is 25.3. The zero-order valence-electron chi connectivity index (χ0n) is 20.9. The first kappa shape index (κ1) is 28.0. The van der Waals surface area contributed by atoms with Crippen molar-refractivity contribution in [2.45, 2.75) is 52.6 Å².